The van der Waals surface area contributed by atoms with E-state index < -0.39 is 17.7 Å². The van der Waals surface area contributed by atoms with Crippen molar-refractivity contribution >= 4 is 17.6 Å². The lowest BCUT2D eigenvalue weighted by molar-refractivity contribution is -0.222. The molecule has 0 radical (unpaired) electrons. The lowest BCUT2D eigenvalue weighted by Crippen LogP contribution is -2.42. The number of esters is 2. The van der Waals surface area contributed by atoms with Crippen molar-refractivity contribution in [1.29, 1.82) is 0 Å². The van der Waals surface area contributed by atoms with Crippen molar-refractivity contribution in [3.8, 4) is 0 Å². The molecule has 0 amide bonds. The molecule has 0 spiro atoms. The molecule has 5 heteroatoms. The van der Waals surface area contributed by atoms with Crippen LogP contribution in [0, 0.1) is 6.92 Å². The molecule has 3 rings (SSSR count). The maximum Gasteiger partial charge on any atom is 0.350 e. The Balaban J connectivity index is 1.86. The molecule has 1 aromatic carbocycles. The number of ether oxygens (including phenoxy) is 2. The summed E-state index contributed by atoms with van der Waals surface area (Å²) in [4.78, 5) is 23.8. The second kappa shape index (κ2) is 5.16. The number of hydrogen-bond donors (Lipinski definition) is 1. The molecular formula is C17H19NO4. The third-order valence-electron chi connectivity index (χ3n) is 3.85. The average Bonchev–Trinajstić information content (AvgIpc) is 2.84. The van der Waals surface area contributed by atoms with Crippen LogP contribution in [-0.4, -0.2) is 17.7 Å². The Morgan fingerprint density at radius 2 is 1.82 bits per heavy atom. The lowest BCUT2D eigenvalue weighted by Gasteiger charge is -2.29. The van der Waals surface area contributed by atoms with Crippen molar-refractivity contribution in [2.24, 2.45) is 0 Å². The van der Waals surface area contributed by atoms with Gasteiger partial charge in [0.2, 0.25) is 0 Å². The normalized spacial score (nSPS) is 19.3. The third kappa shape index (κ3) is 2.71. The highest BCUT2D eigenvalue weighted by molar-refractivity contribution is 6.15. The van der Waals surface area contributed by atoms with E-state index in [1.807, 2.05) is 13.0 Å². The van der Waals surface area contributed by atoms with Crippen LogP contribution in [0.15, 0.2) is 23.9 Å². The number of carbonyl (C=O) groups is 2. The zero-order chi connectivity index (χ0) is 15.9. The van der Waals surface area contributed by atoms with E-state index in [1.54, 1.807) is 0 Å². The van der Waals surface area contributed by atoms with Crippen molar-refractivity contribution in [3.05, 3.63) is 40.6 Å². The van der Waals surface area contributed by atoms with Gasteiger partial charge in [0.1, 0.15) is 0 Å². The van der Waals surface area contributed by atoms with Crippen molar-refractivity contribution in [2.75, 3.05) is 5.32 Å². The fraction of sp³-hybridized carbons (Fsp3) is 0.412. The van der Waals surface area contributed by atoms with Gasteiger partial charge in [0.05, 0.1) is 0 Å². The summed E-state index contributed by atoms with van der Waals surface area (Å²) in [7, 11) is 0. The number of benzene rings is 1. The molecule has 1 aromatic rings. The first-order valence-corrected chi connectivity index (χ1v) is 7.41. The largest absolute Gasteiger partial charge is 0.419 e. The van der Waals surface area contributed by atoms with Crippen LogP contribution in [0.5, 0.6) is 0 Å². The van der Waals surface area contributed by atoms with Gasteiger partial charge in [-0.05, 0) is 48.9 Å². The first kappa shape index (κ1) is 14.6. The van der Waals surface area contributed by atoms with Crippen LogP contribution in [-0.2, 0) is 31.9 Å². The van der Waals surface area contributed by atoms with E-state index in [2.05, 4.69) is 11.4 Å². The predicted molar refractivity (Wildman–Crippen MR) is 81.2 cm³/mol. The van der Waals surface area contributed by atoms with E-state index >= 15 is 0 Å². The van der Waals surface area contributed by atoms with Gasteiger partial charge in [0.25, 0.3) is 5.79 Å². The minimum Gasteiger partial charge on any atom is -0.419 e. The van der Waals surface area contributed by atoms with Crippen LogP contribution in [0.25, 0.3) is 0 Å². The number of carbonyl (C=O) groups excluding carboxylic acids is 2. The van der Waals surface area contributed by atoms with E-state index in [-0.39, 0.29) is 5.57 Å². The molecule has 0 unspecified atom stereocenters. The topological polar surface area (TPSA) is 64.6 Å². The Morgan fingerprint density at radius 1 is 1.14 bits per heavy atom. The van der Waals surface area contributed by atoms with E-state index in [4.69, 9.17) is 9.47 Å². The number of nitrogens with one attached hydrogen (secondary N) is 1. The van der Waals surface area contributed by atoms with Crippen LogP contribution < -0.4 is 5.32 Å². The summed E-state index contributed by atoms with van der Waals surface area (Å²) in [6.07, 6.45) is 4.58. The molecule has 0 bridgehead atoms. The first-order valence-electron chi connectivity index (χ1n) is 7.41. The summed E-state index contributed by atoms with van der Waals surface area (Å²) >= 11 is 0. The zero-order valence-corrected chi connectivity index (χ0v) is 13.0. The first-order chi connectivity index (χ1) is 10.4. The fourth-order valence-corrected chi connectivity index (χ4v) is 2.92. The summed E-state index contributed by atoms with van der Waals surface area (Å²) < 4.78 is 10.1. The molecule has 1 fully saturated rings. The number of fused-ring (bicyclic) bond motifs is 1. The summed E-state index contributed by atoms with van der Waals surface area (Å²) in [6, 6.07) is 4.21. The van der Waals surface area contributed by atoms with Gasteiger partial charge < -0.3 is 14.8 Å². The van der Waals surface area contributed by atoms with Crippen LogP contribution in [0.3, 0.4) is 0 Å². The van der Waals surface area contributed by atoms with Crippen LogP contribution >= 0.6 is 0 Å². The molecule has 0 aromatic heterocycles. The maximum absolute atomic E-state index is 11.9. The smallest absolute Gasteiger partial charge is 0.350 e. The van der Waals surface area contributed by atoms with E-state index in [9.17, 15) is 9.59 Å². The van der Waals surface area contributed by atoms with Crippen molar-refractivity contribution in [3.63, 3.8) is 0 Å². The summed E-state index contributed by atoms with van der Waals surface area (Å²) in [6.45, 7) is 5.09. The second-order valence-corrected chi connectivity index (χ2v) is 6.18. The summed E-state index contributed by atoms with van der Waals surface area (Å²) in [5.74, 6) is -2.55. The van der Waals surface area contributed by atoms with Gasteiger partial charge in [-0.3, -0.25) is 0 Å². The molecule has 1 aliphatic heterocycles. The van der Waals surface area contributed by atoms with Crippen molar-refractivity contribution in [1.82, 2.24) is 0 Å². The molecular weight excluding hydrogens is 282 g/mol. The standard InChI is InChI=1S/C17H19NO4/c1-10-7-11-5-4-6-12(11)14(8-10)18-9-13-15(19)21-17(2,3)22-16(13)20/h7-9,18H,4-6H2,1-3H3. The monoisotopic (exact) mass is 301 g/mol. The Kier molecular flexibility index (Phi) is 3.43. The molecule has 116 valence electrons. The van der Waals surface area contributed by atoms with Gasteiger partial charge in [0.15, 0.2) is 5.57 Å². The molecule has 1 aliphatic carbocycles. The summed E-state index contributed by atoms with van der Waals surface area (Å²) in [5.41, 5.74) is 4.55. The highest BCUT2D eigenvalue weighted by atomic mass is 16.7. The van der Waals surface area contributed by atoms with Crippen LogP contribution in [0.1, 0.15) is 37.0 Å². The number of anilines is 1. The molecule has 1 heterocycles. The van der Waals surface area contributed by atoms with Gasteiger partial charge in [-0.15, -0.1) is 0 Å². The quantitative estimate of drug-likeness (QED) is 0.517. The lowest BCUT2D eigenvalue weighted by atomic mass is 10.0. The van der Waals surface area contributed by atoms with E-state index in [1.165, 1.54) is 31.2 Å². The highest BCUT2D eigenvalue weighted by Crippen LogP contribution is 2.31. The average molecular weight is 301 g/mol. The maximum atomic E-state index is 11.9. The number of hydrogen-bond acceptors (Lipinski definition) is 5. The molecule has 1 N–H and O–H groups in total. The Labute approximate surface area is 129 Å². The van der Waals surface area contributed by atoms with Gasteiger partial charge in [-0.1, -0.05) is 6.07 Å². The molecule has 22 heavy (non-hydrogen) atoms. The van der Waals surface area contributed by atoms with Crippen LogP contribution in [0.4, 0.5) is 5.69 Å². The van der Waals surface area contributed by atoms with Crippen molar-refractivity contribution in [2.45, 2.75) is 45.8 Å². The fourth-order valence-electron chi connectivity index (χ4n) is 2.92. The number of aryl methyl sites for hydroxylation is 2. The van der Waals surface area contributed by atoms with Gasteiger partial charge >= 0.3 is 11.9 Å². The SMILES string of the molecule is Cc1cc2c(c(NC=C3C(=O)OC(C)(C)OC3=O)c1)CCC2. The van der Waals surface area contributed by atoms with Gasteiger partial charge in [-0.2, -0.15) is 0 Å². The van der Waals surface area contributed by atoms with Gasteiger partial charge in [0, 0.05) is 25.7 Å². The van der Waals surface area contributed by atoms with E-state index in [0.717, 1.165) is 30.5 Å². The molecule has 5 nitrogen and oxygen atoms in total. The van der Waals surface area contributed by atoms with Gasteiger partial charge in [-0.25, -0.2) is 9.59 Å². The summed E-state index contributed by atoms with van der Waals surface area (Å²) in [5, 5.41) is 3.08. The minimum absolute atomic E-state index is 0.118. The molecule has 0 saturated carbocycles. The second-order valence-electron chi connectivity index (χ2n) is 6.18. The Hall–Kier alpha value is -2.30. The highest BCUT2D eigenvalue weighted by Gasteiger charge is 2.39. The minimum atomic E-state index is -1.21. The predicted octanol–water partition coefficient (Wildman–Crippen LogP) is 2.62. The number of cyclic esters (lactones) is 2. The third-order valence-corrected chi connectivity index (χ3v) is 3.85. The molecule has 2 aliphatic rings. The Morgan fingerprint density at radius 3 is 2.50 bits per heavy atom. The molecule has 1 saturated heterocycles. The number of rotatable bonds is 2. The van der Waals surface area contributed by atoms with Crippen LogP contribution in [0.2, 0.25) is 0 Å². The van der Waals surface area contributed by atoms with E-state index in [0.29, 0.717) is 0 Å². The molecule has 0 atom stereocenters. The Bertz CT molecular complexity index is 666. The van der Waals surface area contributed by atoms with Crippen molar-refractivity contribution < 1.29 is 19.1 Å². The zero-order valence-electron chi connectivity index (χ0n) is 13.0.